The topological polar surface area (TPSA) is 86.8 Å². The van der Waals surface area contributed by atoms with Crippen LogP contribution in [-0.4, -0.2) is 50.5 Å². The molecule has 0 bridgehead atoms. The number of nitrogens with zero attached hydrogens (tertiary/aromatic N) is 2. The van der Waals surface area contributed by atoms with E-state index >= 15 is 0 Å². The molecule has 0 aliphatic rings. The summed E-state index contributed by atoms with van der Waals surface area (Å²) in [4.78, 5) is 28.0. The van der Waals surface area contributed by atoms with Crippen LogP contribution in [0, 0.1) is 5.92 Å². The number of rotatable bonds is 11. The van der Waals surface area contributed by atoms with Crippen molar-refractivity contribution in [2.45, 2.75) is 39.8 Å². The Kier molecular flexibility index (Phi) is 10.7. The van der Waals surface area contributed by atoms with Gasteiger partial charge < -0.3 is 10.2 Å². The van der Waals surface area contributed by atoms with Crippen molar-refractivity contribution < 1.29 is 18.0 Å². The standard InChI is InChI=1S/C24H30Cl3N3O4S/c1-5-22(24(32)28-13-16(2)3)29(14-17-6-8-18(25)9-7-17)23(31)15-30(35(4,33)34)21-11-19(26)10-20(27)12-21/h6-12,16,22H,5,13-15H2,1-4H3,(H,28,32). The van der Waals surface area contributed by atoms with Crippen LogP contribution < -0.4 is 9.62 Å². The van der Waals surface area contributed by atoms with Crippen molar-refractivity contribution in [3.05, 3.63) is 63.1 Å². The number of carbonyl (C=O) groups is 2. The summed E-state index contributed by atoms with van der Waals surface area (Å²) < 4.78 is 26.2. The number of benzene rings is 2. The summed E-state index contributed by atoms with van der Waals surface area (Å²) in [5, 5.41) is 3.87. The average molecular weight is 563 g/mol. The van der Waals surface area contributed by atoms with Crippen LogP contribution in [0.2, 0.25) is 15.1 Å². The second kappa shape index (κ2) is 12.8. The van der Waals surface area contributed by atoms with Crippen LogP contribution in [0.15, 0.2) is 42.5 Å². The number of hydrogen-bond acceptors (Lipinski definition) is 4. The molecule has 0 radical (unpaired) electrons. The number of sulfonamides is 1. The van der Waals surface area contributed by atoms with Crippen molar-refractivity contribution in [1.82, 2.24) is 10.2 Å². The summed E-state index contributed by atoms with van der Waals surface area (Å²) in [5.41, 5.74) is 0.900. The molecular weight excluding hydrogens is 533 g/mol. The third-order valence-electron chi connectivity index (χ3n) is 5.15. The van der Waals surface area contributed by atoms with E-state index in [-0.39, 0.29) is 34.1 Å². The zero-order chi connectivity index (χ0) is 26.3. The van der Waals surface area contributed by atoms with E-state index in [1.54, 1.807) is 31.2 Å². The molecule has 0 aromatic heterocycles. The van der Waals surface area contributed by atoms with E-state index in [1.165, 1.54) is 23.1 Å². The highest BCUT2D eigenvalue weighted by Crippen LogP contribution is 2.27. The molecule has 0 saturated carbocycles. The van der Waals surface area contributed by atoms with Gasteiger partial charge in [0.2, 0.25) is 21.8 Å². The molecule has 192 valence electrons. The fourth-order valence-electron chi connectivity index (χ4n) is 3.43. The van der Waals surface area contributed by atoms with Gasteiger partial charge in [-0.2, -0.15) is 0 Å². The third kappa shape index (κ3) is 8.86. The maximum absolute atomic E-state index is 13.6. The Balaban J connectivity index is 2.44. The molecule has 35 heavy (non-hydrogen) atoms. The van der Waals surface area contributed by atoms with Crippen LogP contribution in [0.3, 0.4) is 0 Å². The highest BCUT2D eigenvalue weighted by Gasteiger charge is 2.32. The minimum absolute atomic E-state index is 0.0948. The quantitative estimate of drug-likeness (QED) is 0.418. The minimum Gasteiger partial charge on any atom is -0.354 e. The van der Waals surface area contributed by atoms with Crippen molar-refractivity contribution in [3.63, 3.8) is 0 Å². The normalized spacial score (nSPS) is 12.3. The Morgan fingerprint density at radius 3 is 2.03 bits per heavy atom. The Bertz CT molecular complexity index is 1120. The molecule has 0 aliphatic heterocycles. The summed E-state index contributed by atoms with van der Waals surface area (Å²) in [6.45, 7) is 5.76. The van der Waals surface area contributed by atoms with Gasteiger partial charge in [0.05, 0.1) is 11.9 Å². The maximum Gasteiger partial charge on any atom is 0.244 e. The Morgan fingerprint density at radius 2 is 1.54 bits per heavy atom. The van der Waals surface area contributed by atoms with Crippen molar-refractivity contribution in [1.29, 1.82) is 0 Å². The molecule has 1 atom stereocenters. The van der Waals surface area contributed by atoms with Gasteiger partial charge in [-0.15, -0.1) is 0 Å². The van der Waals surface area contributed by atoms with Gasteiger partial charge in [-0.1, -0.05) is 67.7 Å². The van der Waals surface area contributed by atoms with Crippen LogP contribution in [-0.2, 0) is 26.2 Å². The fraction of sp³-hybridized carbons (Fsp3) is 0.417. The molecule has 11 heteroatoms. The molecule has 2 aromatic rings. The second-order valence-electron chi connectivity index (χ2n) is 8.61. The molecule has 1 N–H and O–H groups in total. The third-order valence-corrected chi connectivity index (χ3v) is 6.98. The summed E-state index contributed by atoms with van der Waals surface area (Å²) in [6, 6.07) is 10.4. The van der Waals surface area contributed by atoms with Crippen LogP contribution in [0.1, 0.15) is 32.8 Å². The van der Waals surface area contributed by atoms with E-state index in [4.69, 9.17) is 34.8 Å². The lowest BCUT2D eigenvalue weighted by Gasteiger charge is -2.33. The molecule has 0 fully saturated rings. The van der Waals surface area contributed by atoms with E-state index < -0.39 is 28.5 Å². The Labute approximate surface area is 222 Å². The number of anilines is 1. The highest BCUT2D eigenvalue weighted by molar-refractivity contribution is 7.92. The lowest BCUT2D eigenvalue weighted by Crippen LogP contribution is -2.52. The van der Waals surface area contributed by atoms with Gasteiger partial charge in [-0.05, 0) is 48.2 Å². The number of carbonyl (C=O) groups excluding carboxylic acids is 2. The summed E-state index contributed by atoms with van der Waals surface area (Å²) in [7, 11) is -3.88. The fourth-order valence-corrected chi connectivity index (χ4v) is 4.90. The minimum atomic E-state index is -3.88. The van der Waals surface area contributed by atoms with Gasteiger partial charge in [0.25, 0.3) is 0 Å². The van der Waals surface area contributed by atoms with E-state index in [0.717, 1.165) is 16.1 Å². The molecule has 2 rings (SSSR count). The number of halogens is 3. The molecule has 7 nitrogen and oxygen atoms in total. The predicted molar refractivity (Wildman–Crippen MR) is 143 cm³/mol. The molecule has 0 spiro atoms. The van der Waals surface area contributed by atoms with E-state index in [0.29, 0.717) is 18.0 Å². The molecule has 0 heterocycles. The first-order chi connectivity index (χ1) is 16.3. The van der Waals surface area contributed by atoms with Gasteiger partial charge in [0.1, 0.15) is 12.6 Å². The average Bonchev–Trinajstić information content (AvgIpc) is 2.75. The van der Waals surface area contributed by atoms with Gasteiger partial charge in [0, 0.05) is 28.2 Å². The predicted octanol–water partition coefficient (Wildman–Crippen LogP) is 4.99. The lowest BCUT2D eigenvalue weighted by atomic mass is 10.1. The van der Waals surface area contributed by atoms with E-state index in [9.17, 15) is 18.0 Å². The van der Waals surface area contributed by atoms with Crippen LogP contribution in [0.5, 0.6) is 0 Å². The van der Waals surface area contributed by atoms with Crippen LogP contribution in [0.4, 0.5) is 5.69 Å². The number of hydrogen-bond donors (Lipinski definition) is 1. The second-order valence-corrected chi connectivity index (χ2v) is 11.8. The van der Waals surface area contributed by atoms with Gasteiger partial charge >= 0.3 is 0 Å². The zero-order valence-corrected chi connectivity index (χ0v) is 23.2. The first kappa shape index (κ1) is 29.2. The molecule has 2 aromatic carbocycles. The van der Waals surface area contributed by atoms with Crippen molar-refractivity contribution >= 4 is 62.3 Å². The first-order valence-electron chi connectivity index (χ1n) is 11.1. The smallest absolute Gasteiger partial charge is 0.244 e. The van der Waals surface area contributed by atoms with E-state index in [2.05, 4.69) is 5.32 Å². The lowest BCUT2D eigenvalue weighted by molar-refractivity contribution is -0.140. The first-order valence-corrected chi connectivity index (χ1v) is 14.1. The zero-order valence-electron chi connectivity index (χ0n) is 20.1. The molecular formula is C24H30Cl3N3O4S. The molecule has 0 aliphatic carbocycles. The summed E-state index contributed by atoms with van der Waals surface area (Å²) in [6.07, 6.45) is 1.33. The number of amides is 2. The molecule has 0 saturated heterocycles. The summed E-state index contributed by atoms with van der Waals surface area (Å²) >= 11 is 18.1. The van der Waals surface area contributed by atoms with Crippen molar-refractivity contribution in [2.75, 3.05) is 23.7 Å². The number of nitrogens with one attached hydrogen (secondary N) is 1. The van der Waals surface area contributed by atoms with Gasteiger partial charge in [0.15, 0.2) is 0 Å². The Morgan fingerprint density at radius 1 is 0.971 bits per heavy atom. The van der Waals surface area contributed by atoms with Gasteiger partial charge in [-0.25, -0.2) is 8.42 Å². The molecule has 1 unspecified atom stereocenters. The van der Waals surface area contributed by atoms with Crippen LogP contribution >= 0.6 is 34.8 Å². The maximum atomic E-state index is 13.6. The van der Waals surface area contributed by atoms with E-state index in [1.807, 2.05) is 13.8 Å². The summed E-state index contributed by atoms with van der Waals surface area (Å²) in [5.74, 6) is -0.626. The molecule has 2 amide bonds. The SMILES string of the molecule is CCC(C(=O)NCC(C)C)N(Cc1ccc(Cl)cc1)C(=O)CN(c1cc(Cl)cc(Cl)c1)S(C)(=O)=O. The van der Waals surface area contributed by atoms with Crippen LogP contribution in [0.25, 0.3) is 0 Å². The van der Waals surface area contributed by atoms with Gasteiger partial charge in [-0.3, -0.25) is 13.9 Å². The van der Waals surface area contributed by atoms with Crippen molar-refractivity contribution in [2.24, 2.45) is 5.92 Å². The highest BCUT2D eigenvalue weighted by atomic mass is 35.5. The monoisotopic (exact) mass is 561 g/mol. The van der Waals surface area contributed by atoms with Crippen molar-refractivity contribution in [3.8, 4) is 0 Å². The Hall–Kier alpha value is -2.00. The largest absolute Gasteiger partial charge is 0.354 e.